The minimum Gasteiger partial charge on any atom is -0.310 e. The first-order chi connectivity index (χ1) is 16.0. The second-order valence-corrected chi connectivity index (χ2v) is 10.6. The summed E-state index contributed by atoms with van der Waals surface area (Å²) in [5.41, 5.74) is -0.493. The fourth-order valence-electron chi connectivity index (χ4n) is 4.15. The average Bonchev–Trinajstić information content (AvgIpc) is 3.55. The van der Waals surface area contributed by atoms with Crippen molar-refractivity contribution >= 4 is 31.8 Å². The van der Waals surface area contributed by atoms with E-state index in [-0.39, 0.29) is 33.3 Å². The van der Waals surface area contributed by atoms with E-state index in [1.165, 1.54) is 17.7 Å². The molecule has 1 aromatic carbocycles. The van der Waals surface area contributed by atoms with Gasteiger partial charge in [0.1, 0.15) is 16.1 Å². The van der Waals surface area contributed by atoms with Gasteiger partial charge in [-0.15, -0.1) is 0 Å². The molecule has 1 saturated carbocycles. The molecule has 1 aliphatic rings. The third-order valence-electron chi connectivity index (χ3n) is 6.30. The number of aromatic nitrogens is 4. The first-order valence-electron chi connectivity index (χ1n) is 10.5. The molecular formula is C23H18F3N5O2S. The standard InChI is InChI=1S/C23H18F3N5O2S/c1-3-34(32,33)19-16-5-4-14(22(12-27)6-7-22)8-13(16)10-28-18(19)21-30-17-9-15(23(24,25)26)11-29-20(17)31(21)2/h4-5,8-11H,3,6-7H2,1-2H3. The number of imidazole rings is 1. The van der Waals surface area contributed by atoms with Gasteiger partial charge in [-0.25, -0.2) is 18.4 Å². The largest absolute Gasteiger partial charge is 0.417 e. The highest BCUT2D eigenvalue weighted by Crippen LogP contribution is 2.48. The topological polar surface area (TPSA) is 102 Å². The van der Waals surface area contributed by atoms with Crippen molar-refractivity contribution in [2.24, 2.45) is 7.05 Å². The number of halogens is 3. The molecule has 34 heavy (non-hydrogen) atoms. The number of nitriles is 1. The molecule has 3 aromatic heterocycles. The fraction of sp³-hybridized carbons (Fsp3) is 0.304. The maximum absolute atomic E-state index is 13.2. The molecule has 3 heterocycles. The number of rotatable bonds is 4. The van der Waals surface area contributed by atoms with Crippen LogP contribution < -0.4 is 0 Å². The number of hydrogen-bond donors (Lipinski definition) is 0. The quantitative estimate of drug-likeness (QED) is 0.420. The maximum atomic E-state index is 13.2. The summed E-state index contributed by atoms with van der Waals surface area (Å²) in [6.07, 6.45) is -0.877. The van der Waals surface area contributed by atoms with Crippen molar-refractivity contribution in [2.45, 2.75) is 36.3 Å². The van der Waals surface area contributed by atoms with Crippen LogP contribution in [0.25, 0.3) is 33.5 Å². The zero-order chi connectivity index (χ0) is 24.5. The summed E-state index contributed by atoms with van der Waals surface area (Å²) in [5.74, 6) is -0.110. The zero-order valence-electron chi connectivity index (χ0n) is 18.2. The molecule has 0 spiro atoms. The van der Waals surface area contributed by atoms with E-state index in [1.54, 1.807) is 25.2 Å². The summed E-state index contributed by atoms with van der Waals surface area (Å²) < 4.78 is 67.2. The Kier molecular flexibility index (Phi) is 4.74. The highest BCUT2D eigenvalue weighted by atomic mass is 32.2. The Morgan fingerprint density at radius 3 is 2.53 bits per heavy atom. The van der Waals surface area contributed by atoms with Crippen molar-refractivity contribution in [1.29, 1.82) is 5.26 Å². The molecule has 174 valence electrons. The van der Waals surface area contributed by atoms with Gasteiger partial charge in [0.15, 0.2) is 21.3 Å². The van der Waals surface area contributed by atoms with E-state index >= 15 is 0 Å². The van der Waals surface area contributed by atoms with Gasteiger partial charge in [0.25, 0.3) is 0 Å². The molecule has 5 rings (SSSR count). The Labute approximate surface area is 192 Å². The molecule has 0 aliphatic heterocycles. The van der Waals surface area contributed by atoms with Crippen LogP contribution in [0.15, 0.2) is 41.6 Å². The van der Waals surface area contributed by atoms with E-state index in [0.29, 0.717) is 10.8 Å². The lowest BCUT2D eigenvalue weighted by atomic mass is 9.95. The van der Waals surface area contributed by atoms with E-state index < -0.39 is 27.0 Å². The molecule has 0 atom stereocenters. The number of fused-ring (bicyclic) bond motifs is 2. The van der Waals surface area contributed by atoms with Crippen LogP contribution in [0.2, 0.25) is 0 Å². The van der Waals surface area contributed by atoms with Gasteiger partial charge < -0.3 is 4.57 Å². The second kappa shape index (κ2) is 7.24. The highest BCUT2D eigenvalue weighted by molar-refractivity contribution is 7.91. The number of benzene rings is 1. The maximum Gasteiger partial charge on any atom is 0.417 e. The van der Waals surface area contributed by atoms with Gasteiger partial charge in [0.2, 0.25) is 0 Å². The van der Waals surface area contributed by atoms with Crippen LogP contribution in [0.5, 0.6) is 0 Å². The minimum atomic E-state index is -4.59. The van der Waals surface area contributed by atoms with Crippen LogP contribution in [0.4, 0.5) is 13.2 Å². The molecule has 4 aromatic rings. The van der Waals surface area contributed by atoms with Gasteiger partial charge >= 0.3 is 6.18 Å². The van der Waals surface area contributed by atoms with Crippen molar-refractivity contribution in [3.8, 4) is 17.6 Å². The number of nitrogens with zero attached hydrogens (tertiary/aromatic N) is 5. The fourth-order valence-corrected chi connectivity index (χ4v) is 5.39. The summed E-state index contributed by atoms with van der Waals surface area (Å²) in [6, 6.07) is 8.40. The monoisotopic (exact) mass is 485 g/mol. The van der Waals surface area contributed by atoms with Crippen molar-refractivity contribution in [3.05, 3.63) is 47.8 Å². The van der Waals surface area contributed by atoms with Crippen molar-refractivity contribution in [2.75, 3.05) is 5.75 Å². The van der Waals surface area contributed by atoms with Crippen molar-refractivity contribution in [3.63, 3.8) is 0 Å². The van der Waals surface area contributed by atoms with Gasteiger partial charge in [0.05, 0.1) is 22.8 Å². The predicted octanol–water partition coefficient (Wildman–Crippen LogP) is 4.55. The van der Waals surface area contributed by atoms with Gasteiger partial charge in [-0.3, -0.25) is 4.98 Å². The molecule has 0 bridgehead atoms. The normalized spacial score (nSPS) is 15.5. The summed E-state index contributed by atoms with van der Waals surface area (Å²) >= 11 is 0. The number of sulfone groups is 1. The zero-order valence-corrected chi connectivity index (χ0v) is 19.0. The predicted molar refractivity (Wildman–Crippen MR) is 118 cm³/mol. The number of alkyl halides is 3. The highest BCUT2D eigenvalue weighted by Gasteiger charge is 2.45. The second-order valence-electron chi connectivity index (χ2n) is 8.39. The van der Waals surface area contributed by atoms with Crippen molar-refractivity contribution in [1.82, 2.24) is 19.5 Å². The van der Waals surface area contributed by atoms with E-state index in [4.69, 9.17) is 0 Å². The molecule has 0 unspecified atom stereocenters. The van der Waals surface area contributed by atoms with Gasteiger partial charge in [-0.1, -0.05) is 19.1 Å². The van der Waals surface area contributed by atoms with E-state index in [9.17, 15) is 26.9 Å². The Balaban J connectivity index is 1.77. The third-order valence-corrected chi connectivity index (χ3v) is 8.10. The summed E-state index contributed by atoms with van der Waals surface area (Å²) in [6.45, 7) is 1.51. The minimum absolute atomic E-state index is 0.0193. The number of pyridine rings is 2. The molecule has 11 heteroatoms. The van der Waals surface area contributed by atoms with Gasteiger partial charge in [0, 0.05) is 30.2 Å². The Morgan fingerprint density at radius 2 is 1.91 bits per heavy atom. The summed E-state index contributed by atoms with van der Waals surface area (Å²) in [5, 5.41) is 10.5. The van der Waals surface area contributed by atoms with E-state index in [2.05, 4.69) is 21.0 Å². The lowest BCUT2D eigenvalue weighted by molar-refractivity contribution is -0.137. The molecule has 0 saturated heterocycles. The van der Waals surface area contributed by atoms with Crippen LogP contribution in [-0.2, 0) is 28.5 Å². The smallest absolute Gasteiger partial charge is 0.310 e. The lowest BCUT2D eigenvalue weighted by Gasteiger charge is -2.14. The summed E-state index contributed by atoms with van der Waals surface area (Å²) in [7, 11) is -2.26. The van der Waals surface area contributed by atoms with Crippen LogP contribution in [0.1, 0.15) is 30.9 Å². The molecular weight excluding hydrogens is 467 g/mol. The molecule has 1 aliphatic carbocycles. The number of hydrogen-bond acceptors (Lipinski definition) is 6. The summed E-state index contributed by atoms with van der Waals surface area (Å²) in [4.78, 5) is 12.5. The Hall–Kier alpha value is -3.52. The lowest BCUT2D eigenvalue weighted by Crippen LogP contribution is -2.10. The first-order valence-corrected chi connectivity index (χ1v) is 12.1. The van der Waals surface area contributed by atoms with E-state index in [1.807, 2.05) is 0 Å². The molecule has 0 amide bonds. The van der Waals surface area contributed by atoms with Crippen LogP contribution in [-0.4, -0.2) is 33.7 Å². The SMILES string of the molecule is CCS(=O)(=O)c1c(-c2nc3cc(C(F)(F)F)cnc3n2C)ncc2cc(C3(C#N)CC3)ccc12. The van der Waals surface area contributed by atoms with Crippen LogP contribution in [0.3, 0.4) is 0 Å². The van der Waals surface area contributed by atoms with Gasteiger partial charge in [-0.2, -0.15) is 18.4 Å². The van der Waals surface area contributed by atoms with Crippen molar-refractivity contribution < 1.29 is 21.6 Å². The van der Waals surface area contributed by atoms with Crippen LogP contribution in [0, 0.1) is 11.3 Å². The van der Waals surface area contributed by atoms with Crippen LogP contribution >= 0.6 is 0 Å². The van der Waals surface area contributed by atoms with E-state index in [0.717, 1.165) is 30.7 Å². The Bertz CT molecular complexity index is 1630. The Morgan fingerprint density at radius 1 is 1.18 bits per heavy atom. The average molecular weight is 485 g/mol. The molecule has 7 nitrogen and oxygen atoms in total. The van der Waals surface area contributed by atoms with Gasteiger partial charge in [-0.05, 0) is 30.5 Å². The third kappa shape index (κ3) is 3.32. The molecule has 1 fully saturated rings. The first kappa shape index (κ1) is 22.3. The number of aryl methyl sites for hydroxylation is 1. The molecule has 0 N–H and O–H groups in total. The molecule has 0 radical (unpaired) electrons.